The highest BCUT2D eigenvalue weighted by Crippen LogP contribution is 2.18. The molecule has 1 aliphatic rings. The number of aryl methyl sites for hydroxylation is 1. The fourth-order valence-corrected chi connectivity index (χ4v) is 3.46. The van der Waals surface area contributed by atoms with Crippen LogP contribution in [0.15, 0.2) is 53.3 Å². The van der Waals surface area contributed by atoms with Gasteiger partial charge in [-0.05, 0) is 50.4 Å². The van der Waals surface area contributed by atoms with E-state index in [9.17, 15) is 4.79 Å². The van der Waals surface area contributed by atoms with Crippen molar-refractivity contribution in [3.8, 4) is 0 Å². The summed E-state index contributed by atoms with van der Waals surface area (Å²) in [6.07, 6.45) is 7.59. The number of carbonyl (C=O) groups is 1. The first-order chi connectivity index (χ1) is 11.7. The number of likely N-dealkylation sites (N-methyl/N-ethyl adjacent to an activating group) is 1. The van der Waals surface area contributed by atoms with Gasteiger partial charge in [0.15, 0.2) is 0 Å². The van der Waals surface area contributed by atoms with Gasteiger partial charge in [0.05, 0.1) is 11.8 Å². The van der Waals surface area contributed by atoms with Gasteiger partial charge in [-0.2, -0.15) is 0 Å². The number of benzene rings is 1. The Hall–Kier alpha value is -2.07. The van der Waals surface area contributed by atoms with Crippen molar-refractivity contribution in [3.05, 3.63) is 60.1 Å². The van der Waals surface area contributed by atoms with E-state index < -0.39 is 0 Å². The van der Waals surface area contributed by atoms with Gasteiger partial charge >= 0.3 is 0 Å². The number of piperidine rings is 1. The van der Waals surface area contributed by atoms with E-state index in [-0.39, 0.29) is 11.9 Å². The second-order valence-corrected chi connectivity index (χ2v) is 6.61. The molecule has 0 radical (unpaired) electrons. The molecule has 1 fully saturated rings. The van der Waals surface area contributed by atoms with Crippen LogP contribution in [0.25, 0.3) is 0 Å². The maximum absolute atomic E-state index is 12.5. The third-order valence-corrected chi connectivity index (χ3v) is 4.90. The van der Waals surface area contributed by atoms with Crippen molar-refractivity contribution in [3.63, 3.8) is 0 Å². The minimum Gasteiger partial charge on any atom is -0.472 e. The van der Waals surface area contributed by atoms with E-state index in [0.29, 0.717) is 5.56 Å². The van der Waals surface area contributed by atoms with E-state index in [1.807, 2.05) is 11.9 Å². The minimum absolute atomic E-state index is 0.0554. The molecule has 1 atom stereocenters. The molecule has 1 saturated heterocycles. The van der Waals surface area contributed by atoms with Gasteiger partial charge in [0, 0.05) is 19.6 Å². The molecular weight excluding hydrogens is 300 g/mol. The number of nitrogens with zero attached hydrogens (tertiary/aromatic N) is 2. The average molecular weight is 326 g/mol. The molecule has 0 bridgehead atoms. The molecule has 128 valence electrons. The van der Waals surface area contributed by atoms with Gasteiger partial charge in [0.2, 0.25) is 0 Å². The molecule has 1 aromatic heterocycles. The molecule has 4 nitrogen and oxygen atoms in total. The van der Waals surface area contributed by atoms with Crippen LogP contribution < -0.4 is 0 Å². The van der Waals surface area contributed by atoms with E-state index in [0.717, 1.165) is 45.3 Å². The maximum Gasteiger partial charge on any atom is 0.257 e. The number of hydrogen-bond donors (Lipinski definition) is 0. The number of likely N-dealkylation sites (tertiary alicyclic amines) is 1. The highest BCUT2D eigenvalue weighted by Gasteiger charge is 2.26. The lowest BCUT2D eigenvalue weighted by atomic mass is 10.0. The summed E-state index contributed by atoms with van der Waals surface area (Å²) < 4.78 is 5.03. The van der Waals surface area contributed by atoms with Crippen LogP contribution in [0.2, 0.25) is 0 Å². The number of furan rings is 1. The quantitative estimate of drug-likeness (QED) is 0.816. The molecule has 0 saturated carbocycles. The Bertz CT molecular complexity index is 624. The van der Waals surface area contributed by atoms with Crippen molar-refractivity contribution in [1.82, 2.24) is 9.80 Å². The summed E-state index contributed by atoms with van der Waals surface area (Å²) in [5.41, 5.74) is 2.04. The van der Waals surface area contributed by atoms with Crippen molar-refractivity contribution >= 4 is 5.91 Å². The summed E-state index contributed by atoms with van der Waals surface area (Å²) in [6, 6.07) is 12.7. The Balaban J connectivity index is 1.48. The van der Waals surface area contributed by atoms with Crippen LogP contribution >= 0.6 is 0 Å². The van der Waals surface area contributed by atoms with Crippen LogP contribution in [0, 0.1) is 0 Å². The number of carbonyl (C=O) groups excluding carboxylic acids is 1. The fraction of sp³-hybridized carbons (Fsp3) is 0.450. The molecule has 0 aliphatic carbocycles. The Kier molecular flexibility index (Phi) is 5.70. The van der Waals surface area contributed by atoms with Crippen LogP contribution in [-0.2, 0) is 6.42 Å². The van der Waals surface area contributed by atoms with Crippen molar-refractivity contribution in [1.29, 1.82) is 0 Å². The third kappa shape index (κ3) is 4.26. The zero-order valence-corrected chi connectivity index (χ0v) is 14.4. The van der Waals surface area contributed by atoms with Crippen LogP contribution in [0.4, 0.5) is 0 Å². The van der Waals surface area contributed by atoms with E-state index in [4.69, 9.17) is 4.42 Å². The maximum atomic E-state index is 12.5. The minimum atomic E-state index is 0.0554. The monoisotopic (exact) mass is 326 g/mol. The van der Waals surface area contributed by atoms with E-state index in [1.54, 1.807) is 12.3 Å². The summed E-state index contributed by atoms with van der Waals surface area (Å²) in [5, 5.41) is 0. The molecule has 2 aromatic rings. The largest absolute Gasteiger partial charge is 0.472 e. The van der Waals surface area contributed by atoms with Gasteiger partial charge in [-0.1, -0.05) is 30.3 Å². The van der Waals surface area contributed by atoms with E-state index in [2.05, 4.69) is 35.2 Å². The van der Waals surface area contributed by atoms with Gasteiger partial charge in [0.25, 0.3) is 5.91 Å². The predicted molar refractivity (Wildman–Crippen MR) is 95.0 cm³/mol. The molecule has 1 amide bonds. The molecule has 0 spiro atoms. The molecule has 1 aromatic carbocycles. The molecule has 1 aliphatic heterocycles. The van der Waals surface area contributed by atoms with Crippen molar-refractivity contribution in [2.75, 3.05) is 26.7 Å². The van der Waals surface area contributed by atoms with Gasteiger partial charge in [-0.25, -0.2) is 0 Å². The lowest BCUT2D eigenvalue weighted by Gasteiger charge is -2.37. The second-order valence-electron chi connectivity index (χ2n) is 6.61. The lowest BCUT2D eigenvalue weighted by molar-refractivity contribution is 0.0616. The van der Waals surface area contributed by atoms with Gasteiger partial charge in [-0.3, -0.25) is 4.79 Å². The van der Waals surface area contributed by atoms with Gasteiger partial charge < -0.3 is 14.2 Å². The zero-order chi connectivity index (χ0) is 16.8. The van der Waals surface area contributed by atoms with Crippen LogP contribution in [0.3, 0.4) is 0 Å². The first-order valence-electron chi connectivity index (χ1n) is 8.79. The summed E-state index contributed by atoms with van der Waals surface area (Å²) >= 11 is 0. The normalized spacial score (nSPS) is 18.5. The van der Waals surface area contributed by atoms with Crippen molar-refractivity contribution < 1.29 is 9.21 Å². The topological polar surface area (TPSA) is 36.7 Å². The Morgan fingerprint density at radius 3 is 2.88 bits per heavy atom. The van der Waals surface area contributed by atoms with E-state index in [1.165, 1.54) is 11.8 Å². The summed E-state index contributed by atoms with van der Waals surface area (Å²) in [7, 11) is 1.91. The lowest BCUT2D eigenvalue weighted by Crippen LogP contribution is -2.48. The third-order valence-electron chi connectivity index (χ3n) is 4.90. The van der Waals surface area contributed by atoms with Crippen molar-refractivity contribution in [2.24, 2.45) is 0 Å². The fourth-order valence-electron chi connectivity index (χ4n) is 3.46. The van der Waals surface area contributed by atoms with Crippen molar-refractivity contribution in [2.45, 2.75) is 31.7 Å². The SMILES string of the molecule is CN(C(=O)c1ccoc1)C1CCCN(CCCc2ccccc2)C1. The number of hydrogen-bond acceptors (Lipinski definition) is 3. The Labute approximate surface area is 144 Å². The molecule has 0 N–H and O–H groups in total. The standard InChI is InChI=1S/C20H26N2O2/c1-21(20(23)18-11-14-24-16-18)19-10-6-13-22(15-19)12-5-9-17-7-3-2-4-8-17/h2-4,7-8,11,14,16,19H,5-6,9-10,12-13,15H2,1H3. The van der Waals surface area contributed by atoms with Gasteiger partial charge in [-0.15, -0.1) is 0 Å². The Morgan fingerprint density at radius 2 is 2.12 bits per heavy atom. The van der Waals surface area contributed by atoms with Gasteiger partial charge in [0.1, 0.15) is 6.26 Å². The smallest absolute Gasteiger partial charge is 0.257 e. The summed E-state index contributed by atoms with van der Waals surface area (Å²) in [6.45, 7) is 3.20. The number of amides is 1. The molecule has 4 heteroatoms. The highest BCUT2D eigenvalue weighted by atomic mass is 16.3. The first-order valence-corrected chi connectivity index (χ1v) is 8.79. The molecule has 2 heterocycles. The summed E-state index contributed by atoms with van der Waals surface area (Å²) in [4.78, 5) is 16.8. The van der Waals surface area contributed by atoms with Crippen LogP contribution in [0.5, 0.6) is 0 Å². The van der Waals surface area contributed by atoms with Crippen LogP contribution in [-0.4, -0.2) is 48.4 Å². The summed E-state index contributed by atoms with van der Waals surface area (Å²) in [5.74, 6) is 0.0554. The first kappa shape index (κ1) is 16.8. The predicted octanol–water partition coefficient (Wildman–Crippen LogP) is 3.45. The van der Waals surface area contributed by atoms with E-state index >= 15 is 0 Å². The average Bonchev–Trinajstić information content (AvgIpc) is 3.16. The molecule has 24 heavy (non-hydrogen) atoms. The number of rotatable bonds is 6. The Morgan fingerprint density at radius 1 is 1.29 bits per heavy atom. The van der Waals surface area contributed by atoms with Crippen LogP contribution in [0.1, 0.15) is 35.2 Å². The molecule has 3 rings (SSSR count). The second kappa shape index (κ2) is 8.15. The zero-order valence-electron chi connectivity index (χ0n) is 14.4. The molecule has 1 unspecified atom stereocenters. The molecular formula is C20H26N2O2. The highest BCUT2D eigenvalue weighted by molar-refractivity contribution is 5.93.